The van der Waals surface area contributed by atoms with Crippen LogP contribution >= 0.6 is 0 Å². The second-order valence-electron chi connectivity index (χ2n) is 4.03. The first kappa shape index (κ1) is 13.9. The second-order valence-corrected chi connectivity index (χ2v) is 4.03. The van der Waals surface area contributed by atoms with E-state index < -0.39 is 24.5 Å². The number of fused-ring (bicyclic) bond motifs is 1. The van der Waals surface area contributed by atoms with E-state index in [1.807, 2.05) is 0 Å². The van der Waals surface area contributed by atoms with Gasteiger partial charge >= 0.3 is 5.97 Å². The minimum atomic E-state index is -1.32. The standard InChI is InChI=1S/C13H13NO6/c15-6-9(13(17)18)14-12(16)4-2-8-1-3-10-11(5-8)20-7-19-10/h1-5,9,15H,6-7H2,(H,14,16)(H,17,18)/b4-2+/t9-/m1/s1. The third-order valence-corrected chi connectivity index (χ3v) is 2.62. The highest BCUT2D eigenvalue weighted by atomic mass is 16.7. The summed E-state index contributed by atoms with van der Waals surface area (Å²) in [5, 5.41) is 19.6. The number of amides is 1. The minimum Gasteiger partial charge on any atom is -0.480 e. The Morgan fingerprint density at radius 3 is 2.80 bits per heavy atom. The van der Waals surface area contributed by atoms with Crippen molar-refractivity contribution in [3.63, 3.8) is 0 Å². The lowest BCUT2D eigenvalue weighted by Crippen LogP contribution is -2.42. The lowest BCUT2D eigenvalue weighted by molar-refractivity contribution is -0.142. The average molecular weight is 279 g/mol. The third kappa shape index (κ3) is 3.27. The highest BCUT2D eigenvalue weighted by Crippen LogP contribution is 2.32. The van der Waals surface area contributed by atoms with Crippen molar-refractivity contribution < 1.29 is 29.3 Å². The number of carbonyl (C=O) groups excluding carboxylic acids is 1. The van der Waals surface area contributed by atoms with Crippen molar-refractivity contribution in [2.75, 3.05) is 13.4 Å². The Morgan fingerprint density at radius 1 is 1.35 bits per heavy atom. The van der Waals surface area contributed by atoms with E-state index in [9.17, 15) is 9.59 Å². The molecule has 0 fully saturated rings. The van der Waals surface area contributed by atoms with Gasteiger partial charge in [-0.2, -0.15) is 0 Å². The van der Waals surface area contributed by atoms with Gasteiger partial charge in [0.2, 0.25) is 12.7 Å². The Morgan fingerprint density at radius 2 is 2.10 bits per heavy atom. The number of carbonyl (C=O) groups is 2. The lowest BCUT2D eigenvalue weighted by atomic mass is 10.2. The molecule has 0 aromatic heterocycles. The first-order valence-electron chi connectivity index (χ1n) is 5.82. The first-order chi connectivity index (χ1) is 9.60. The number of ether oxygens (including phenoxy) is 2. The van der Waals surface area contributed by atoms with Gasteiger partial charge in [-0.1, -0.05) is 6.07 Å². The van der Waals surface area contributed by atoms with Gasteiger partial charge in [-0.05, 0) is 23.8 Å². The van der Waals surface area contributed by atoms with Crippen LogP contribution in [0, 0.1) is 0 Å². The van der Waals surface area contributed by atoms with E-state index in [2.05, 4.69) is 5.32 Å². The number of benzene rings is 1. The molecule has 0 saturated heterocycles. The van der Waals surface area contributed by atoms with Gasteiger partial charge in [0.25, 0.3) is 0 Å². The molecule has 106 valence electrons. The summed E-state index contributed by atoms with van der Waals surface area (Å²) in [6, 6.07) is 3.84. The van der Waals surface area contributed by atoms with Crippen molar-refractivity contribution in [2.24, 2.45) is 0 Å². The summed E-state index contributed by atoms with van der Waals surface area (Å²) < 4.78 is 10.3. The van der Waals surface area contributed by atoms with Crippen LogP contribution in [-0.4, -0.2) is 41.5 Å². The van der Waals surface area contributed by atoms with Crippen LogP contribution in [0.4, 0.5) is 0 Å². The van der Waals surface area contributed by atoms with Gasteiger partial charge in [-0.15, -0.1) is 0 Å². The fourth-order valence-corrected chi connectivity index (χ4v) is 1.59. The smallest absolute Gasteiger partial charge is 0.328 e. The van der Waals surface area contributed by atoms with E-state index >= 15 is 0 Å². The van der Waals surface area contributed by atoms with Crippen LogP contribution in [0.25, 0.3) is 6.08 Å². The molecule has 0 saturated carbocycles. The highest BCUT2D eigenvalue weighted by Gasteiger charge is 2.17. The van der Waals surface area contributed by atoms with Gasteiger partial charge in [0.1, 0.15) is 0 Å². The fourth-order valence-electron chi connectivity index (χ4n) is 1.59. The quantitative estimate of drug-likeness (QED) is 0.655. The van der Waals surface area contributed by atoms with Crippen LogP contribution in [0.15, 0.2) is 24.3 Å². The molecule has 1 aromatic carbocycles. The molecule has 0 spiro atoms. The molecule has 7 heteroatoms. The van der Waals surface area contributed by atoms with Gasteiger partial charge in [0.05, 0.1) is 6.61 Å². The van der Waals surface area contributed by atoms with E-state index in [0.29, 0.717) is 17.1 Å². The predicted molar refractivity (Wildman–Crippen MR) is 68.3 cm³/mol. The van der Waals surface area contributed by atoms with Gasteiger partial charge in [-0.25, -0.2) is 4.79 Å². The van der Waals surface area contributed by atoms with Crippen molar-refractivity contribution in [2.45, 2.75) is 6.04 Å². The predicted octanol–water partition coefficient (Wildman–Crippen LogP) is -0.00980. The van der Waals surface area contributed by atoms with E-state index in [0.717, 1.165) is 0 Å². The molecule has 1 aromatic rings. The molecule has 0 bridgehead atoms. The number of aliphatic hydroxyl groups is 1. The van der Waals surface area contributed by atoms with E-state index in [1.54, 1.807) is 18.2 Å². The number of nitrogens with one attached hydrogen (secondary N) is 1. The Balaban J connectivity index is 1.98. The normalized spacial score (nSPS) is 14.2. The van der Waals surface area contributed by atoms with Crippen molar-refractivity contribution >= 4 is 18.0 Å². The van der Waals surface area contributed by atoms with E-state index in [4.69, 9.17) is 19.7 Å². The zero-order chi connectivity index (χ0) is 14.5. The molecule has 1 aliphatic rings. The van der Waals surface area contributed by atoms with Crippen LogP contribution in [0.5, 0.6) is 11.5 Å². The maximum absolute atomic E-state index is 11.5. The molecule has 0 aliphatic carbocycles. The van der Waals surface area contributed by atoms with Crippen LogP contribution in [-0.2, 0) is 9.59 Å². The first-order valence-corrected chi connectivity index (χ1v) is 5.82. The molecule has 0 radical (unpaired) electrons. The number of rotatable bonds is 5. The van der Waals surface area contributed by atoms with Crippen molar-refractivity contribution in [1.82, 2.24) is 5.32 Å². The maximum Gasteiger partial charge on any atom is 0.328 e. The molecule has 1 atom stereocenters. The summed E-state index contributed by atoms with van der Waals surface area (Å²) in [5.41, 5.74) is 0.709. The van der Waals surface area contributed by atoms with Crippen molar-refractivity contribution in [1.29, 1.82) is 0 Å². The molecule has 2 rings (SSSR count). The number of aliphatic hydroxyl groups excluding tert-OH is 1. The fraction of sp³-hybridized carbons (Fsp3) is 0.231. The molecule has 0 unspecified atom stereocenters. The number of carboxylic acid groups (broad SMARTS) is 1. The zero-order valence-corrected chi connectivity index (χ0v) is 10.4. The minimum absolute atomic E-state index is 0.166. The number of carboxylic acids is 1. The Hall–Kier alpha value is -2.54. The lowest BCUT2D eigenvalue weighted by Gasteiger charge is -2.09. The molecule has 7 nitrogen and oxygen atoms in total. The Kier molecular flexibility index (Phi) is 4.21. The molecular formula is C13H13NO6. The third-order valence-electron chi connectivity index (χ3n) is 2.62. The van der Waals surface area contributed by atoms with E-state index in [-0.39, 0.29) is 6.79 Å². The molecular weight excluding hydrogens is 266 g/mol. The zero-order valence-electron chi connectivity index (χ0n) is 10.4. The highest BCUT2D eigenvalue weighted by molar-refractivity contribution is 5.94. The summed E-state index contributed by atoms with van der Waals surface area (Å²) in [5.74, 6) is -0.675. The van der Waals surface area contributed by atoms with Crippen LogP contribution in [0.3, 0.4) is 0 Å². The summed E-state index contributed by atoms with van der Waals surface area (Å²) in [6.07, 6.45) is 2.69. The summed E-state index contributed by atoms with van der Waals surface area (Å²) in [4.78, 5) is 22.1. The van der Waals surface area contributed by atoms with Crippen LogP contribution < -0.4 is 14.8 Å². The number of hydrogen-bond donors (Lipinski definition) is 3. The van der Waals surface area contributed by atoms with E-state index in [1.165, 1.54) is 12.2 Å². The SMILES string of the molecule is O=C(/C=C/c1ccc2c(c1)OCO2)N[C@H](CO)C(=O)O. The van der Waals surface area contributed by atoms with Crippen molar-refractivity contribution in [3.8, 4) is 11.5 Å². The molecule has 1 heterocycles. The van der Waals surface area contributed by atoms with Gasteiger partial charge in [0.15, 0.2) is 17.5 Å². The number of aliphatic carboxylic acids is 1. The largest absolute Gasteiger partial charge is 0.480 e. The Bertz CT molecular complexity index is 554. The molecule has 20 heavy (non-hydrogen) atoms. The Labute approximate surface area is 114 Å². The van der Waals surface area contributed by atoms with Crippen LogP contribution in [0.1, 0.15) is 5.56 Å². The monoisotopic (exact) mass is 279 g/mol. The summed E-state index contributed by atoms with van der Waals surface area (Å²) >= 11 is 0. The van der Waals surface area contributed by atoms with Gasteiger partial charge in [-0.3, -0.25) is 4.79 Å². The summed E-state index contributed by atoms with van der Waals surface area (Å²) in [7, 11) is 0. The van der Waals surface area contributed by atoms with Crippen LogP contribution in [0.2, 0.25) is 0 Å². The summed E-state index contributed by atoms with van der Waals surface area (Å²) in [6.45, 7) is -0.501. The maximum atomic E-state index is 11.5. The van der Waals surface area contributed by atoms with Gasteiger partial charge < -0.3 is 25.0 Å². The van der Waals surface area contributed by atoms with Gasteiger partial charge in [0, 0.05) is 6.08 Å². The molecule has 1 aliphatic heterocycles. The molecule has 3 N–H and O–H groups in total. The average Bonchev–Trinajstić information content (AvgIpc) is 2.89. The number of hydrogen-bond acceptors (Lipinski definition) is 5. The van der Waals surface area contributed by atoms with Crippen molar-refractivity contribution in [3.05, 3.63) is 29.8 Å². The second kappa shape index (κ2) is 6.07. The molecule has 1 amide bonds. The topological polar surface area (TPSA) is 105 Å².